The molecule has 3 rings (SSSR count). The van der Waals surface area contributed by atoms with Crippen LogP contribution >= 0.6 is 15.9 Å². The molecule has 0 aliphatic carbocycles. The van der Waals surface area contributed by atoms with Crippen LogP contribution in [0.3, 0.4) is 0 Å². The van der Waals surface area contributed by atoms with Crippen LogP contribution in [0.4, 0.5) is 0 Å². The molecular weight excluding hydrogens is 430 g/mol. The first-order valence-electron chi connectivity index (χ1n) is 8.22. The van der Waals surface area contributed by atoms with E-state index in [0.717, 1.165) is 33.2 Å². The lowest BCUT2D eigenvalue weighted by molar-refractivity contribution is -0.119. The highest BCUT2D eigenvalue weighted by atomic mass is 79.9. The molecule has 3 aromatic rings. The van der Waals surface area contributed by atoms with Crippen LogP contribution in [-0.2, 0) is 21.2 Å². The largest absolute Gasteiger partial charge is 0.274 e. The zero-order chi connectivity index (χ0) is 19.4. The number of aromatic nitrogens is 2. The van der Waals surface area contributed by atoms with Gasteiger partial charge < -0.3 is 0 Å². The average Bonchev–Trinajstić information content (AvgIpc) is 3.04. The highest BCUT2D eigenvalue weighted by molar-refractivity contribution is 9.10. The number of nitrogens with zero attached hydrogens (tertiary/aromatic N) is 2. The first-order chi connectivity index (χ1) is 12.8. The van der Waals surface area contributed by atoms with Crippen LogP contribution in [0.2, 0.25) is 0 Å². The van der Waals surface area contributed by atoms with Gasteiger partial charge in [-0.3, -0.25) is 9.52 Å². The van der Waals surface area contributed by atoms with E-state index < -0.39 is 15.9 Å². The molecule has 6 nitrogen and oxygen atoms in total. The number of hydrogen-bond acceptors (Lipinski definition) is 4. The molecule has 1 amide bonds. The lowest BCUT2D eigenvalue weighted by atomic mass is 10.0. The molecule has 0 saturated heterocycles. The minimum Gasteiger partial charge on any atom is -0.274 e. The molecule has 1 heterocycles. The fourth-order valence-corrected chi connectivity index (χ4v) is 3.44. The van der Waals surface area contributed by atoms with Crippen molar-refractivity contribution in [3.05, 3.63) is 70.8 Å². The van der Waals surface area contributed by atoms with Gasteiger partial charge in [0.2, 0.25) is 15.9 Å². The topological polar surface area (TPSA) is 81.1 Å². The van der Waals surface area contributed by atoms with Crippen LogP contribution in [0.1, 0.15) is 12.0 Å². The first kappa shape index (κ1) is 19.3. The third kappa shape index (κ3) is 5.27. The van der Waals surface area contributed by atoms with Crippen LogP contribution in [0.5, 0.6) is 0 Å². The van der Waals surface area contributed by atoms with Crippen molar-refractivity contribution in [3.63, 3.8) is 0 Å². The van der Waals surface area contributed by atoms with Gasteiger partial charge in [-0.15, -0.1) is 0 Å². The van der Waals surface area contributed by atoms with E-state index in [4.69, 9.17) is 0 Å². The molecule has 8 heteroatoms. The Morgan fingerprint density at radius 2 is 1.78 bits per heavy atom. The Bertz CT molecular complexity index is 1050. The molecule has 0 radical (unpaired) electrons. The molecule has 0 aliphatic heterocycles. The average molecular weight is 448 g/mol. The van der Waals surface area contributed by atoms with Crippen LogP contribution in [-0.4, -0.2) is 30.4 Å². The Balaban J connectivity index is 1.91. The minimum atomic E-state index is -3.56. The number of carbonyl (C=O) groups is 1. The maximum atomic E-state index is 11.9. The predicted octanol–water partition coefficient (Wildman–Crippen LogP) is 3.31. The van der Waals surface area contributed by atoms with Crippen molar-refractivity contribution in [2.45, 2.75) is 12.8 Å². The summed E-state index contributed by atoms with van der Waals surface area (Å²) in [6, 6.07) is 17.4. The molecular formula is C19H18BrN3O3S. The molecule has 140 valence electrons. The van der Waals surface area contributed by atoms with Crippen molar-refractivity contribution in [2.24, 2.45) is 0 Å². The Morgan fingerprint density at radius 3 is 2.41 bits per heavy atom. The van der Waals surface area contributed by atoms with Crippen molar-refractivity contribution < 1.29 is 13.2 Å². The Hall–Kier alpha value is -2.45. The van der Waals surface area contributed by atoms with Crippen LogP contribution in [0.15, 0.2) is 65.3 Å². The third-order valence-corrected chi connectivity index (χ3v) is 4.98. The maximum Gasteiger partial charge on any atom is 0.233 e. The molecule has 0 atom stereocenters. The zero-order valence-electron chi connectivity index (χ0n) is 14.6. The predicted molar refractivity (Wildman–Crippen MR) is 108 cm³/mol. The lowest BCUT2D eigenvalue weighted by Crippen LogP contribution is -2.29. The molecule has 1 aromatic heterocycles. The summed E-state index contributed by atoms with van der Waals surface area (Å²) in [6.07, 6.45) is 3.27. The molecule has 2 aromatic carbocycles. The Labute approximate surface area is 166 Å². The summed E-state index contributed by atoms with van der Waals surface area (Å²) in [6.45, 7) is 0. The molecule has 1 N–H and O–H groups in total. The summed E-state index contributed by atoms with van der Waals surface area (Å²) in [5.41, 5.74) is 3.47. The number of hydrogen-bond donors (Lipinski definition) is 1. The summed E-state index contributed by atoms with van der Waals surface area (Å²) in [5, 5.41) is 4.68. The number of rotatable bonds is 6. The third-order valence-electron chi connectivity index (χ3n) is 3.85. The van der Waals surface area contributed by atoms with Crippen molar-refractivity contribution in [2.75, 3.05) is 6.26 Å². The number of sulfonamides is 1. The van der Waals surface area contributed by atoms with Crippen molar-refractivity contribution >= 4 is 31.9 Å². The molecule has 27 heavy (non-hydrogen) atoms. The van der Waals surface area contributed by atoms with E-state index in [0.29, 0.717) is 6.42 Å². The summed E-state index contributed by atoms with van der Waals surface area (Å²) < 4.78 is 27.1. The molecule has 0 bridgehead atoms. The maximum absolute atomic E-state index is 11.9. The van der Waals surface area contributed by atoms with E-state index in [1.54, 1.807) is 4.68 Å². The molecule has 0 aliphatic rings. The van der Waals surface area contributed by atoms with Gasteiger partial charge in [0.25, 0.3) is 0 Å². The zero-order valence-corrected chi connectivity index (χ0v) is 17.0. The van der Waals surface area contributed by atoms with Crippen molar-refractivity contribution in [1.82, 2.24) is 14.5 Å². The number of benzene rings is 2. The van der Waals surface area contributed by atoms with Gasteiger partial charge >= 0.3 is 0 Å². The Morgan fingerprint density at radius 1 is 1.11 bits per heavy atom. The minimum absolute atomic E-state index is 0.0545. The number of nitrogens with one attached hydrogen (secondary N) is 1. The number of carbonyl (C=O) groups excluding carboxylic acids is 1. The summed E-state index contributed by atoms with van der Waals surface area (Å²) in [7, 11) is -3.56. The second-order valence-corrected chi connectivity index (χ2v) is 8.75. The van der Waals surface area contributed by atoms with Gasteiger partial charge in [-0.25, -0.2) is 13.1 Å². The van der Waals surface area contributed by atoms with E-state index >= 15 is 0 Å². The number of aryl methyl sites for hydroxylation is 1. The summed E-state index contributed by atoms with van der Waals surface area (Å²) >= 11 is 3.42. The second-order valence-electron chi connectivity index (χ2n) is 6.09. The smallest absolute Gasteiger partial charge is 0.233 e. The molecule has 0 unspecified atom stereocenters. The van der Waals surface area contributed by atoms with Crippen molar-refractivity contribution in [3.8, 4) is 16.9 Å². The number of amides is 1. The van der Waals surface area contributed by atoms with Crippen molar-refractivity contribution in [1.29, 1.82) is 0 Å². The fraction of sp³-hybridized carbons (Fsp3) is 0.158. The summed E-state index contributed by atoms with van der Waals surface area (Å²) in [5.74, 6) is -0.534. The number of halogens is 1. The van der Waals surface area contributed by atoms with E-state index in [2.05, 4.69) is 21.0 Å². The van der Waals surface area contributed by atoms with Gasteiger partial charge in [0.1, 0.15) is 0 Å². The highest BCUT2D eigenvalue weighted by Crippen LogP contribution is 2.25. The van der Waals surface area contributed by atoms with Gasteiger partial charge in [0, 0.05) is 22.7 Å². The lowest BCUT2D eigenvalue weighted by Gasteiger charge is -2.03. The SMILES string of the molecule is CS(=O)(=O)NC(=O)CCc1cn(-c2ccc(Br)cc2)nc1-c1ccccc1. The van der Waals surface area contributed by atoms with Gasteiger partial charge in [-0.2, -0.15) is 5.10 Å². The van der Waals surface area contributed by atoms with E-state index in [1.807, 2.05) is 65.5 Å². The van der Waals surface area contributed by atoms with Gasteiger partial charge in [0.05, 0.1) is 17.6 Å². The standard InChI is InChI=1S/C19H18BrN3O3S/c1-27(25,26)22-18(24)12-7-15-13-23(17-10-8-16(20)9-11-17)21-19(15)14-5-3-2-4-6-14/h2-6,8-11,13H,7,12H2,1H3,(H,22,24). The molecule has 0 fully saturated rings. The monoisotopic (exact) mass is 447 g/mol. The second kappa shape index (κ2) is 8.06. The van der Waals surface area contributed by atoms with Gasteiger partial charge in [-0.1, -0.05) is 46.3 Å². The fourth-order valence-electron chi connectivity index (χ4n) is 2.66. The quantitative estimate of drug-likeness (QED) is 0.628. The summed E-state index contributed by atoms with van der Waals surface area (Å²) in [4.78, 5) is 11.9. The van der Waals surface area contributed by atoms with E-state index in [-0.39, 0.29) is 6.42 Å². The van der Waals surface area contributed by atoms with Crippen LogP contribution in [0.25, 0.3) is 16.9 Å². The molecule has 0 spiro atoms. The van der Waals surface area contributed by atoms with Crippen LogP contribution in [0, 0.1) is 0 Å². The normalized spacial score (nSPS) is 11.3. The van der Waals surface area contributed by atoms with E-state index in [1.165, 1.54) is 0 Å². The first-order valence-corrected chi connectivity index (χ1v) is 10.9. The van der Waals surface area contributed by atoms with Crippen LogP contribution < -0.4 is 4.72 Å². The van der Waals surface area contributed by atoms with Gasteiger partial charge in [-0.05, 0) is 36.2 Å². The molecule has 0 saturated carbocycles. The Kier molecular flexibility index (Phi) is 5.76. The van der Waals surface area contributed by atoms with Gasteiger partial charge in [0.15, 0.2) is 0 Å². The van der Waals surface area contributed by atoms with E-state index in [9.17, 15) is 13.2 Å². The highest BCUT2D eigenvalue weighted by Gasteiger charge is 2.15.